The summed E-state index contributed by atoms with van der Waals surface area (Å²) in [5.74, 6) is -3.97. The molecule has 0 saturated carbocycles. The Hall–Kier alpha value is -3.40. The number of carbonyl (C=O) groups excluding carboxylic acids is 4. The summed E-state index contributed by atoms with van der Waals surface area (Å²) in [6.45, 7) is 17.0. The van der Waals surface area contributed by atoms with Gasteiger partial charge in [-0.05, 0) is 63.5 Å². The zero-order valence-corrected chi connectivity index (χ0v) is 44.2. The first-order chi connectivity index (χ1) is 31.2. The first-order valence-corrected chi connectivity index (χ1v) is 25.0. The van der Waals surface area contributed by atoms with Crippen molar-refractivity contribution >= 4 is 47.8 Å². The molecule has 8 nitrogen and oxygen atoms in total. The van der Waals surface area contributed by atoms with Crippen LogP contribution in [-0.2, 0) is 9.47 Å². The number of unbranched alkanes of at least 4 members (excludes halogenated alkanes) is 22. The van der Waals surface area contributed by atoms with E-state index in [1.165, 1.54) is 153 Å². The maximum Gasteiger partial charge on any atom is 2.00 e. The van der Waals surface area contributed by atoms with Gasteiger partial charge in [0.05, 0.1) is 36.3 Å². The SMILES string of the molecule is CCCCCCC/C=C/CCCOC(=O)c1ccccc1C(=O)[O-].CCCCCCC/C=C/CCCOC(=O)c1ccccc1C(=O)[O-].[CH2]CCCCCCC.[CH2]CCCCCCC.[Sn+2]. The van der Waals surface area contributed by atoms with Gasteiger partial charge in [-0.1, -0.05) is 231 Å². The minimum Gasteiger partial charge on any atom is -0.545 e. The molecule has 0 heterocycles. The largest absolute Gasteiger partial charge is 2.00 e. The van der Waals surface area contributed by atoms with Crippen molar-refractivity contribution in [1.82, 2.24) is 0 Å². The van der Waals surface area contributed by atoms with E-state index in [2.05, 4.69) is 65.8 Å². The van der Waals surface area contributed by atoms with Crippen molar-refractivity contribution in [2.75, 3.05) is 13.2 Å². The molecule has 0 aromatic heterocycles. The van der Waals surface area contributed by atoms with Crippen LogP contribution in [0, 0.1) is 13.8 Å². The second-order valence-electron chi connectivity index (χ2n) is 16.1. The van der Waals surface area contributed by atoms with Crippen molar-refractivity contribution in [2.45, 2.75) is 207 Å². The van der Waals surface area contributed by atoms with Gasteiger partial charge in [-0.15, -0.1) is 0 Å². The Morgan fingerprint density at radius 2 is 0.677 bits per heavy atom. The minimum absolute atomic E-state index is 0. The average Bonchev–Trinajstić information content (AvgIpc) is 3.30. The number of carboxylic acid groups (broad SMARTS) is 2. The number of aromatic carboxylic acids is 2. The van der Waals surface area contributed by atoms with E-state index in [1.54, 1.807) is 24.3 Å². The van der Waals surface area contributed by atoms with Gasteiger partial charge in [0.15, 0.2) is 0 Å². The molecule has 364 valence electrons. The van der Waals surface area contributed by atoms with Crippen LogP contribution in [0.25, 0.3) is 0 Å². The summed E-state index contributed by atoms with van der Waals surface area (Å²) in [7, 11) is 0. The fourth-order valence-electron chi connectivity index (χ4n) is 6.33. The first-order valence-electron chi connectivity index (χ1n) is 25.0. The summed E-state index contributed by atoms with van der Waals surface area (Å²) in [4.78, 5) is 45.7. The Bertz CT molecular complexity index is 1350. The topological polar surface area (TPSA) is 133 Å². The van der Waals surface area contributed by atoms with Crippen molar-refractivity contribution in [2.24, 2.45) is 0 Å². The summed E-state index contributed by atoms with van der Waals surface area (Å²) in [5, 5.41) is 21.9. The van der Waals surface area contributed by atoms with Crippen molar-refractivity contribution in [3.05, 3.63) is 109 Å². The summed E-state index contributed by atoms with van der Waals surface area (Å²) in [5.41, 5.74) is -0.184. The van der Waals surface area contributed by atoms with E-state index >= 15 is 0 Å². The summed E-state index contributed by atoms with van der Waals surface area (Å²) in [6, 6.07) is 11.9. The van der Waals surface area contributed by atoms with E-state index in [4.69, 9.17) is 9.47 Å². The summed E-state index contributed by atoms with van der Waals surface area (Å²) >= 11 is 0. The molecule has 0 aliphatic rings. The molecule has 0 atom stereocenters. The Labute approximate surface area is 414 Å². The van der Waals surface area contributed by atoms with Gasteiger partial charge in [0.25, 0.3) is 0 Å². The van der Waals surface area contributed by atoms with Crippen LogP contribution in [0.3, 0.4) is 0 Å². The second-order valence-corrected chi connectivity index (χ2v) is 16.1. The molecular weight excluding hydrogens is 919 g/mol. The molecule has 0 fully saturated rings. The Morgan fingerprint density at radius 3 is 0.954 bits per heavy atom. The second kappa shape index (κ2) is 51.6. The van der Waals surface area contributed by atoms with Crippen molar-refractivity contribution in [1.29, 1.82) is 0 Å². The molecule has 0 N–H and O–H groups in total. The monoisotopic (exact) mass is 1010 g/mol. The molecule has 4 radical (unpaired) electrons. The number of hydrogen-bond donors (Lipinski definition) is 0. The zero-order valence-electron chi connectivity index (χ0n) is 41.3. The van der Waals surface area contributed by atoms with Gasteiger partial charge in [-0.25, -0.2) is 9.59 Å². The van der Waals surface area contributed by atoms with Gasteiger partial charge < -0.3 is 29.3 Å². The number of allylic oxidation sites excluding steroid dienone is 4. The number of ether oxygens (including phenoxy) is 2. The van der Waals surface area contributed by atoms with Crippen molar-refractivity contribution in [3.63, 3.8) is 0 Å². The van der Waals surface area contributed by atoms with Gasteiger partial charge in [-0.3, -0.25) is 0 Å². The maximum absolute atomic E-state index is 11.9. The van der Waals surface area contributed by atoms with Crippen molar-refractivity contribution in [3.8, 4) is 0 Å². The van der Waals surface area contributed by atoms with Crippen LogP contribution in [0.1, 0.15) is 249 Å². The van der Waals surface area contributed by atoms with Gasteiger partial charge in [0.2, 0.25) is 0 Å². The molecule has 2 aromatic rings. The normalized spacial score (nSPS) is 10.4. The first kappa shape index (κ1) is 65.9. The molecule has 0 spiro atoms. The molecule has 0 unspecified atom stereocenters. The quantitative estimate of drug-likeness (QED) is 0.0293. The Morgan fingerprint density at radius 1 is 0.415 bits per heavy atom. The predicted octanol–water partition coefficient (Wildman–Crippen LogP) is 13.8. The van der Waals surface area contributed by atoms with Crippen LogP contribution in [0.15, 0.2) is 72.8 Å². The van der Waals surface area contributed by atoms with E-state index in [-0.39, 0.29) is 59.4 Å². The zero-order chi connectivity index (χ0) is 47.7. The molecule has 0 saturated heterocycles. The Kier molecular flexibility index (Phi) is 52.3. The summed E-state index contributed by atoms with van der Waals surface area (Å²) < 4.78 is 10.3. The smallest absolute Gasteiger partial charge is 0.545 e. The van der Waals surface area contributed by atoms with Gasteiger partial charge >= 0.3 is 35.8 Å². The standard InChI is InChI=1S/2C20H28O4.2C8H17.Sn/c2*1-2-3-4-5-6-7-8-9-10-13-16-24-20(23)18-15-12-11-14-17(18)19(21)22;2*1-3-5-7-8-6-4-2;/h2*8-9,11-12,14-15H,2-7,10,13,16H2,1H3,(H,21,22);2*1,3-8H2,2H3;/q;;;;+2/p-2/b2*9-8+;;;. The van der Waals surface area contributed by atoms with Crippen LogP contribution in [0.5, 0.6) is 0 Å². The fourth-order valence-corrected chi connectivity index (χ4v) is 6.33. The molecule has 2 aromatic carbocycles. The number of benzene rings is 2. The average molecular weight is 1010 g/mol. The Balaban J connectivity index is -0.000000878. The molecule has 0 aliphatic heterocycles. The molecule has 0 aliphatic carbocycles. The van der Waals surface area contributed by atoms with Crippen LogP contribution in [0.2, 0.25) is 0 Å². The summed E-state index contributed by atoms with van der Waals surface area (Å²) in [6.07, 6.45) is 42.7. The van der Waals surface area contributed by atoms with Crippen LogP contribution < -0.4 is 10.2 Å². The van der Waals surface area contributed by atoms with Gasteiger partial charge in [-0.2, -0.15) is 0 Å². The van der Waals surface area contributed by atoms with Crippen molar-refractivity contribution < 1.29 is 38.9 Å². The van der Waals surface area contributed by atoms with E-state index in [9.17, 15) is 29.4 Å². The van der Waals surface area contributed by atoms with E-state index in [0.29, 0.717) is 0 Å². The minimum atomic E-state index is -1.37. The molecule has 0 amide bonds. The molecule has 9 heteroatoms. The molecule has 0 bridgehead atoms. The van der Waals surface area contributed by atoms with Gasteiger partial charge in [0, 0.05) is 11.1 Å². The van der Waals surface area contributed by atoms with Gasteiger partial charge in [0.1, 0.15) is 0 Å². The van der Waals surface area contributed by atoms with E-state index in [0.717, 1.165) is 51.4 Å². The third-order valence-electron chi connectivity index (χ3n) is 10.2. The molecule has 2 rings (SSSR count). The fraction of sp³-hybridized carbons (Fsp3) is 0.607. The number of carbonyl (C=O) groups is 4. The number of rotatable bonds is 34. The van der Waals surface area contributed by atoms with Crippen LogP contribution in [0.4, 0.5) is 0 Å². The third-order valence-corrected chi connectivity index (χ3v) is 10.2. The predicted molar refractivity (Wildman–Crippen MR) is 269 cm³/mol. The van der Waals surface area contributed by atoms with E-state index < -0.39 is 23.9 Å². The number of hydrogen-bond acceptors (Lipinski definition) is 8. The third kappa shape index (κ3) is 41.7. The number of carboxylic acids is 2. The maximum atomic E-state index is 11.9. The van der Waals surface area contributed by atoms with Crippen LogP contribution >= 0.6 is 0 Å². The molecular formula is C56H88O8Sn. The van der Waals surface area contributed by atoms with Crippen LogP contribution in [-0.4, -0.2) is 61.0 Å². The number of esters is 2. The molecule has 65 heavy (non-hydrogen) atoms. The van der Waals surface area contributed by atoms with E-state index in [1.807, 2.05) is 0 Å².